The Morgan fingerprint density at radius 2 is 1.90 bits per heavy atom. The van der Waals surface area contributed by atoms with E-state index in [4.69, 9.17) is 4.74 Å². The summed E-state index contributed by atoms with van der Waals surface area (Å²) in [6.07, 6.45) is 4.05. The molecule has 1 saturated heterocycles. The summed E-state index contributed by atoms with van der Waals surface area (Å²) < 4.78 is 6.93. The van der Waals surface area contributed by atoms with Gasteiger partial charge in [0.05, 0.1) is 13.2 Å². The van der Waals surface area contributed by atoms with Crippen molar-refractivity contribution in [1.82, 2.24) is 14.7 Å². The van der Waals surface area contributed by atoms with Gasteiger partial charge in [-0.1, -0.05) is 25.0 Å². The van der Waals surface area contributed by atoms with E-state index in [9.17, 15) is 9.59 Å². The number of nitrogens with zero attached hydrogens (tertiary/aromatic N) is 3. The van der Waals surface area contributed by atoms with Crippen molar-refractivity contribution in [2.75, 3.05) is 36.9 Å². The minimum atomic E-state index is -0.296. The lowest BCUT2D eigenvalue weighted by Gasteiger charge is -2.26. The number of nitrogens with one attached hydrogen (secondary N) is 2. The highest BCUT2D eigenvalue weighted by Crippen LogP contribution is 2.26. The molecule has 8 heteroatoms. The van der Waals surface area contributed by atoms with Crippen LogP contribution in [0.1, 0.15) is 41.7 Å². The summed E-state index contributed by atoms with van der Waals surface area (Å²) in [7, 11) is 1.73. The molecule has 2 amide bonds. The first-order valence-corrected chi connectivity index (χ1v) is 10.6. The molecular weight excluding hydrogens is 382 g/mol. The van der Waals surface area contributed by atoms with Crippen LogP contribution in [0.3, 0.4) is 0 Å². The summed E-state index contributed by atoms with van der Waals surface area (Å²) >= 11 is 0. The summed E-state index contributed by atoms with van der Waals surface area (Å²) in [6, 6.07) is 9.48. The zero-order valence-corrected chi connectivity index (χ0v) is 17.4. The van der Waals surface area contributed by atoms with Gasteiger partial charge in [0.1, 0.15) is 5.82 Å². The van der Waals surface area contributed by atoms with Crippen LogP contribution in [0.2, 0.25) is 0 Å². The molecule has 0 atom stereocenters. The van der Waals surface area contributed by atoms with E-state index in [2.05, 4.69) is 26.7 Å². The fraction of sp³-hybridized carbons (Fsp3) is 0.500. The van der Waals surface area contributed by atoms with E-state index in [-0.39, 0.29) is 23.4 Å². The van der Waals surface area contributed by atoms with Gasteiger partial charge in [-0.2, -0.15) is 5.10 Å². The van der Waals surface area contributed by atoms with Crippen molar-refractivity contribution in [3.8, 4) is 0 Å². The summed E-state index contributed by atoms with van der Waals surface area (Å²) in [6.45, 7) is 4.18. The molecule has 0 radical (unpaired) electrons. The van der Waals surface area contributed by atoms with E-state index in [1.54, 1.807) is 13.1 Å². The second-order valence-electron chi connectivity index (χ2n) is 8.05. The number of benzene rings is 1. The van der Waals surface area contributed by atoms with Crippen molar-refractivity contribution in [1.29, 1.82) is 0 Å². The maximum absolute atomic E-state index is 12.7. The zero-order chi connectivity index (χ0) is 20.9. The van der Waals surface area contributed by atoms with E-state index in [0.717, 1.165) is 69.8 Å². The van der Waals surface area contributed by atoms with Crippen LogP contribution in [0.15, 0.2) is 30.3 Å². The van der Waals surface area contributed by atoms with E-state index in [0.29, 0.717) is 5.82 Å². The number of ether oxygens (including phenoxy) is 1. The van der Waals surface area contributed by atoms with Crippen molar-refractivity contribution in [2.24, 2.45) is 13.0 Å². The Kier molecular flexibility index (Phi) is 6.44. The third kappa shape index (κ3) is 5.06. The van der Waals surface area contributed by atoms with Crippen LogP contribution >= 0.6 is 0 Å². The molecular formula is C22H29N5O3. The van der Waals surface area contributed by atoms with Crippen molar-refractivity contribution in [3.63, 3.8) is 0 Å². The molecule has 1 aromatic heterocycles. The summed E-state index contributed by atoms with van der Waals surface area (Å²) in [5.41, 5.74) is 2.14. The van der Waals surface area contributed by atoms with Gasteiger partial charge >= 0.3 is 0 Å². The van der Waals surface area contributed by atoms with E-state index in [1.807, 2.05) is 18.2 Å². The first kappa shape index (κ1) is 20.6. The maximum atomic E-state index is 12.7. The smallest absolute Gasteiger partial charge is 0.276 e. The molecule has 160 valence electrons. The lowest BCUT2D eigenvalue weighted by atomic mass is 10.1. The molecule has 2 N–H and O–H groups in total. The van der Waals surface area contributed by atoms with Gasteiger partial charge in [0, 0.05) is 44.4 Å². The van der Waals surface area contributed by atoms with E-state index in [1.165, 1.54) is 4.68 Å². The number of amides is 2. The Morgan fingerprint density at radius 3 is 2.67 bits per heavy atom. The predicted octanol–water partition coefficient (Wildman–Crippen LogP) is 2.63. The Morgan fingerprint density at radius 1 is 1.13 bits per heavy atom. The SMILES string of the molecule is Cn1nc(C(=O)Nc2cccc(CN3CCOCC3)c2)cc1NC(=O)C1CCCC1. The van der Waals surface area contributed by atoms with Crippen LogP contribution in [-0.4, -0.2) is 52.8 Å². The fourth-order valence-corrected chi connectivity index (χ4v) is 4.07. The number of hydrogen-bond acceptors (Lipinski definition) is 5. The molecule has 1 aliphatic carbocycles. The van der Waals surface area contributed by atoms with Gasteiger partial charge in [0.15, 0.2) is 5.69 Å². The Labute approximate surface area is 176 Å². The van der Waals surface area contributed by atoms with Crippen molar-refractivity contribution in [3.05, 3.63) is 41.6 Å². The molecule has 2 heterocycles. The van der Waals surface area contributed by atoms with Gasteiger partial charge in [-0.15, -0.1) is 0 Å². The normalized spacial score (nSPS) is 17.8. The lowest BCUT2D eigenvalue weighted by Crippen LogP contribution is -2.35. The van der Waals surface area contributed by atoms with E-state index < -0.39 is 0 Å². The molecule has 0 spiro atoms. The van der Waals surface area contributed by atoms with Crippen LogP contribution in [0.4, 0.5) is 11.5 Å². The highest BCUT2D eigenvalue weighted by atomic mass is 16.5. The molecule has 2 fully saturated rings. The van der Waals surface area contributed by atoms with Crippen molar-refractivity contribution < 1.29 is 14.3 Å². The summed E-state index contributed by atoms with van der Waals surface area (Å²) in [5.74, 6) is 0.318. The molecule has 1 aliphatic heterocycles. The van der Waals surface area contributed by atoms with Gasteiger partial charge in [-0.25, -0.2) is 0 Å². The van der Waals surface area contributed by atoms with Crippen LogP contribution in [0.5, 0.6) is 0 Å². The number of carbonyl (C=O) groups excluding carboxylic acids is 2. The first-order valence-electron chi connectivity index (χ1n) is 10.6. The molecule has 1 saturated carbocycles. The summed E-state index contributed by atoms with van der Waals surface area (Å²) in [5, 5.41) is 10.1. The largest absolute Gasteiger partial charge is 0.379 e. The van der Waals surface area contributed by atoms with Crippen molar-refractivity contribution in [2.45, 2.75) is 32.2 Å². The summed E-state index contributed by atoms with van der Waals surface area (Å²) in [4.78, 5) is 27.4. The highest BCUT2D eigenvalue weighted by molar-refractivity contribution is 6.04. The Balaban J connectivity index is 1.37. The van der Waals surface area contributed by atoms with Gasteiger partial charge in [-0.05, 0) is 30.5 Å². The standard InChI is InChI=1S/C22H29N5O3/c1-26-20(24-21(28)17-6-2-3-7-17)14-19(25-26)22(29)23-18-8-4-5-16(13-18)15-27-9-11-30-12-10-27/h4-5,8,13-14,17H,2-3,6-7,9-12,15H2,1H3,(H,23,29)(H,24,28). The molecule has 0 unspecified atom stereocenters. The lowest BCUT2D eigenvalue weighted by molar-refractivity contribution is -0.119. The molecule has 30 heavy (non-hydrogen) atoms. The Bertz CT molecular complexity index is 898. The number of hydrogen-bond donors (Lipinski definition) is 2. The Hall–Kier alpha value is -2.71. The van der Waals surface area contributed by atoms with Gasteiger partial charge < -0.3 is 15.4 Å². The molecule has 8 nitrogen and oxygen atoms in total. The predicted molar refractivity (Wildman–Crippen MR) is 114 cm³/mol. The number of morpholine rings is 1. The highest BCUT2D eigenvalue weighted by Gasteiger charge is 2.24. The van der Waals surface area contributed by atoms with Crippen LogP contribution < -0.4 is 10.6 Å². The monoisotopic (exact) mass is 411 g/mol. The van der Waals surface area contributed by atoms with Crippen LogP contribution in [0, 0.1) is 5.92 Å². The average Bonchev–Trinajstić information content (AvgIpc) is 3.40. The second kappa shape index (κ2) is 9.40. The molecule has 1 aromatic carbocycles. The van der Waals surface area contributed by atoms with Crippen LogP contribution in [-0.2, 0) is 23.1 Å². The third-order valence-electron chi connectivity index (χ3n) is 5.78. The fourth-order valence-electron chi connectivity index (χ4n) is 4.07. The first-order chi connectivity index (χ1) is 14.6. The zero-order valence-electron chi connectivity index (χ0n) is 17.4. The maximum Gasteiger partial charge on any atom is 0.276 e. The van der Waals surface area contributed by atoms with Gasteiger partial charge in [0.25, 0.3) is 5.91 Å². The minimum absolute atomic E-state index is 0.0123. The number of carbonyl (C=O) groups is 2. The molecule has 2 aliphatic rings. The molecule has 0 bridgehead atoms. The number of aryl methyl sites for hydroxylation is 1. The van der Waals surface area contributed by atoms with Crippen molar-refractivity contribution >= 4 is 23.3 Å². The minimum Gasteiger partial charge on any atom is -0.379 e. The number of anilines is 2. The third-order valence-corrected chi connectivity index (χ3v) is 5.78. The quantitative estimate of drug-likeness (QED) is 0.763. The topological polar surface area (TPSA) is 88.5 Å². The van der Waals surface area contributed by atoms with Gasteiger partial charge in [0.2, 0.25) is 5.91 Å². The molecule has 2 aromatic rings. The number of rotatable bonds is 6. The second-order valence-corrected chi connectivity index (χ2v) is 8.05. The van der Waals surface area contributed by atoms with Crippen LogP contribution in [0.25, 0.3) is 0 Å². The van der Waals surface area contributed by atoms with Gasteiger partial charge in [-0.3, -0.25) is 19.2 Å². The van der Waals surface area contributed by atoms with E-state index >= 15 is 0 Å². The molecule has 4 rings (SSSR count). The average molecular weight is 412 g/mol. The number of aromatic nitrogens is 2.